The molecule has 2 N–H and O–H groups in total. The lowest BCUT2D eigenvalue weighted by atomic mass is 10.1. The second-order valence-corrected chi connectivity index (χ2v) is 4.21. The number of aromatic nitrogens is 2. The number of nitrogens with one attached hydrogen (secondary N) is 2. The van der Waals surface area contributed by atoms with E-state index in [0.717, 1.165) is 18.2 Å². The summed E-state index contributed by atoms with van der Waals surface area (Å²) in [5.74, 6) is -0.861. The Morgan fingerprint density at radius 1 is 1.29 bits per heavy atom. The number of H-pyrrole nitrogens is 1. The van der Waals surface area contributed by atoms with Crippen molar-refractivity contribution in [2.24, 2.45) is 0 Å². The van der Waals surface area contributed by atoms with E-state index >= 15 is 0 Å². The molecule has 0 aliphatic heterocycles. The predicted molar refractivity (Wildman–Crippen MR) is 69.0 cm³/mol. The van der Waals surface area contributed by atoms with Gasteiger partial charge in [-0.1, -0.05) is 12.1 Å². The molecule has 0 bridgehead atoms. The third-order valence-electron chi connectivity index (χ3n) is 2.58. The van der Waals surface area contributed by atoms with Crippen LogP contribution in [0.3, 0.4) is 0 Å². The monoisotopic (exact) mass is 297 g/mol. The Kier molecular flexibility index (Phi) is 3.79. The summed E-state index contributed by atoms with van der Waals surface area (Å²) in [6, 6.07) is 5.36. The molecule has 21 heavy (non-hydrogen) atoms. The number of hydrogen-bond acceptors (Lipinski definition) is 3. The number of halogens is 3. The number of carbonyl (C=O) groups is 1. The van der Waals surface area contributed by atoms with Crippen LogP contribution in [-0.2, 0) is 6.18 Å². The van der Waals surface area contributed by atoms with E-state index in [0.29, 0.717) is 0 Å². The smallest absolute Gasteiger partial charge is 0.311 e. The van der Waals surface area contributed by atoms with Crippen molar-refractivity contribution in [3.8, 4) is 0 Å². The van der Waals surface area contributed by atoms with E-state index in [1.807, 2.05) is 0 Å². The molecule has 0 radical (unpaired) electrons. The molecule has 0 unspecified atom stereocenters. The van der Waals surface area contributed by atoms with Crippen LogP contribution >= 0.6 is 0 Å². The van der Waals surface area contributed by atoms with Crippen molar-refractivity contribution in [1.29, 1.82) is 0 Å². The summed E-state index contributed by atoms with van der Waals surface area (Å²) >= 11 is 0. The van der Waals surface area contributed by atoms with Crippen molar-refractivity contribution < 1.29 is 18.0 Å². The van der Waals surface area contributed by atoms with Crippen molar-refractivity contribution in [2.75, 3.05) is 5.32 Å². The molecular weight excluding hydrogens is 287 g/mol. The van der Waals surface area contributed by atoms with Crippen LogP contribution in [0.4, 0.5) is 19.0 Å². The number of carbonyl (C=O) groups excluding carboxylic acids is 1. The molecule has 0 spiro atoms. The van der Waals surface area contributed by atoms with Gasteiger partial charge in [-0.3, -0.25) is 9.59 Å². The van der Waals surface area contributed by atoms with Gasteiger partial charge in [-0.2, -0.15) is 13.2 Å². The first-order valence-electron chi connectivity index (χ1n) is 5.83. The number of hydrogen-bond donors (Lipinski definition) is 2. The summed E-state index contributed by atoms with van der Waals surface area (Å²) in [4.78, 5) is 29.4. The molecule has 1 aromatic carbocycles. The molecule has 0 aliphatic rings. The second-order valence-electron chi connectivity index (χ2n) is 4.21. The Bertz CT molecular complexity index is 738. The van der Waals surface area contributed by atoms with Crippen LogP contribution in [0.1, 0.15) is 21.7 Å². The van der Waals surface area contributed by atoms with E-state index in [1.54, 1.807) is 0 Å². The van der Waals surface area contributed by atoms with Crippen molar-refractivity contribution >= 4 is 11.7 Å². The highest BCUT2D eigenvalue weighted by molar-refractivity contribution is 6.04. The van der Waals surface area contributed by atoms with Gasteiger partial charge in [0.25, 0.3) is 11.5 Å². The number of alkyl halides is 3. The lowest BCUT2D eigenvalue weighted by Gasteiger charge is -2.12. The Labute approximate surface area is 116 Å². The summed E-state index contributed by atoms with van der Waals surface area (Å²) in [5.41, 5.74) is -2.10. The number of anilines is 1. The van der Waals surface area contributed by atoms with Crippen LogP contribution in [0.2, 0.25) is 0 Å². The first-order valence-corrected chi connectivity index (χ1v) is 5.83. The van der Waals surface area contributed by atoms with E-state index in [9.17, 15) is 22.8 Å². The zero-order valence-corrected chi connectivity index (χ0v) is 10.8. The first-order chi connectivity index (χ1) is 9.77. The molecule has 1 heterocycles. The van der Waals surface area contributed by atoms with Gasteiger partial charge in [0, 0.05) is 6.07 Å². The minimum absolute atomic E-state index is 0.113. The van der Waals surface area contributed by atoms with E-state index in [4.69, 9.17) is 0 Å². The zero-order chi connectivity index (χ0) is 15.6. The summed E-state index contributed by atoms with van der Waals surface area (Å²) in [7, 11) is 0. The summed E-state index contributed by atoms with van der Waals surface area (Å²) in [6.07, 6.45) is -4.65. The van der Waals surface area contributed by atoms with Crippen LogP contribution < -0.4 is 10.9 Å². The molecule has 0 fully saturated rings. The van der Waals surface area contributed by atoms with Crippen molar-refractivity contribution in [3.63, 3.8) is 0 Å². The van der Waals surface area contributed by atoms with Crippen LogP contribution in [0, 0.1) is 6.92 Å². The van der Waals surface area contributed by atoms with Crippen molar-refractivity contribution in [3.05, 3.63) is 57.6 Å². The van der Waals surface area contributed by atoms with Gasteiger partial charge in [-0.25, -0.2) is 4.98 Å². The molecule has 2 rings (SSSR count). The van der Waals surface area contributed by atoms with E-state index < -0.39 is 28.8 Å². The van der Waals surface area contributed by atoms with Crippen molar-refractivity contribution in [1.82, 2.24) is 9.97 Å². The van der Waals surface area contributed by atoms with Crippen molar-refractivity contribution in [2.45, 2.75) is 13.1 Å². The topological polar surface area (TPSA) is 74.8 Å². The zero-order valence-electron chi connectivity index (χ0n) is 10.8. The molecule has 110 valence electrons. The average molecular weight is 297 g/mol. The Balaban J connectivity index is 2.35. The SMILES string of the molecule is Cc1nc(NC(=O)c2ccccc2C(F)(F)F)cc(=O)[nH]1. The molecule has 0 saturated carbocycles. The van der Waals surface area contributed by atoms with Gasteiger partial charge in [0.05, 0.1) is 11.1 Å². The fourth-order valence-corrected chi connectivity index (χ4v) is 1.76. The predicted octanol–water partition coefficient (Wildman–Crippen LogP) is 2.35. The summed E-state index contributed by atoms with van der Waals surface area (Å²) in [5, 5.41) is 2.18. The maximum Gasteiger partial charge on any atom is 0.417 e. The minimum atomic E-state index is -4.65. The van der Waals surface area contributed by atoms with Gasteiger partial charge < -0.3 is 10.3 Å². The summed E-state index contributed by atoms with van der Waals surface area (Å²) < 4.78 is 38.5. The lowest BCUT2D eigenvalue weighted by Crippen LogP contribution is -2.20. The number of amides is 1. The van der Waals surface area contributed by atoms with E-state index in [1.165, 1.54) is 19.1 Å². The molecular formula is C13H10F3N3O2. The van der Waals surface area contributed by atoms with Gasteiger partial charge in [-0.15, -0.1) is 0 Å². The second kappa shape index (κ2) is 5.39. The third-order valence-corrected chi connectivity index (χ3v) is 2.58. The molecule has 5 nitrogen and oxygen atoms in total. The maximum atomic E-state index is 12.8. The van der Waals surface area contributed by atoms with Gasteiger partial charge in [0.2, 0.25) is 0 Å². The van der Waals surface area contributed by atoms with E-state index in [-0.39, 0.29) is 11.6 Å². The number of aromatic amines is 1. The highest BCUT2D eigenvalue weighted by atomic mass is 19.4. The molecule has 1 aromatic heterocycles. The fraction of sp³-hybridized carbons (Fsp3) is 0.154. The number of benzene rings is 1. The molecule has 0 saturated heterocycles. The molecule has 1 amide bonds. The Hall–Kier alpha value is -2.64. The number of aryl methyl sites for hydroxylation is 1. The highest BCUT2D eigenvalue weighted by Crippen LogP contribution is 2.32. The Morgan fingerprint density at radius 2 is 1.95 bits per heavy atom. The lowest BCUT2D eigenvalue weighted by molar-refractivity contribution is -0.137. The normalized spacial score (nSPS) is 11.2. The molecule has 2 aromatic rings. The average Bonchev–Trinajstić information content (AvgIpc) is 2.36. The van der Waals surface area contributed by atoms with Crippen LogP contribution in [0.5, 0.6) is 0 Å². The first kappa shape index (κ1) is 14.8. The van der Waals surface area contributed by atoms with Crippen LogP contribution in [0.25, 0.3) is 0 Å². The highest BCUT2D eigenvalue weighted by Gasteiger charge is 2.34. The quantitative estimate of drug-likeness (QED) is 0.893. The van der Waals surface area contributed by atoms with Gasteiger partial charge in [0.15, 0.2) is 0 Å². The van der Waals surface area contributed by atoms with Crippen LogP contribution in [0.15, 0.2) is 35.1 Å². The standard InChI is InChI=1S/C13H10F3N3O2/c1-7-17-10(6-11(20)18-7)19-12(21)8-4-2-3-5-9(8)13(14,15)16/h2-6H,1H3,(H2,17,18,19,20,21). The van der Waals surface area contributed by atoms with E-state index in [2.05, 4.69) is 15.3 Å². The van der Waals surface area contributed by atoms with Gasteiger partial charge in [-0.05, 0) is 19.1 Å². The Morgan fingerprint density at radius 3 is 2.57 bits per heavy atom. The minimum Gasteiger partial charge on any atom is -0.311 e. The van der Waals surface area contributed by atoms with Gasteiger partial charge >= 0.3 is 6.18 Å². The third kappa shape index (κ3) is 3.47. The fourth-order valence-electron chi connectivity index (χ4n) is 1.76. The van der Waals surface area contributed by atoms with Gasteiger partial charge in [0.1, 0.15) is 11.6 Å². The number of nitrogens with zero attached hydrogens (tertiary/aromatic N) is 1. The molecule has 0 aliphatic carbocycles. The largest absolute Gasteiger partial charge is 0.417 e. The van der Waals surface area contributed by atoms with Crippen LogP contribution in [-0.4, -0.2) is 15.9 Å². The summed E-state index contributed by atoms with van der Waals surface area (Å²) in [6.45, 7) is 1.49. The number of rotatable bonds is 2. The molecule has 0 atom stereocenters. The molecule has 8 heteroatoms. The maximum absolute atomic E-state index is 12.8.